The van der Waals surface area contributed by atoms with Gasteiger partial charge in [-0.15, -0.1) is 0 Å². The number of hydrogen-bond donors (Lipinski definition) is 1. The van der Waals surface area contributed by atoms with Gasteiger partial charge in [-0.2, -0.15) is 5.10 Å². The number of carbonyl (C=O) groups is 1. The van der Waals surface area contributed by atoms with Gasteiger partial charge in [0.05, 0.1) is 12.5 Å². The van der Waals surface area contributed by atoms with Gasteiger partial charge in [-0.3, -0.25) is 9.59 Å². The van der Waals surface area contributed by atoms with Crippen molar-refractivity contribution in [3.05, 3.63) is 70.1 Å². The molecule has 3 rings (SSSR count). The Bertz CT molecular complexity index is 949. The molecule has 1 amide bonds. The summed E-state index contributed by atoms with van der Waals surface area (Å²) in [6.07, 6.45) is 0. The van der Waals surface area contributed by atoms with Gasteiger partial charge in [0.15, 0.2) is 5.69 Å². The zero-order chi connectivity index (χ0) is 17.1. The van der Waals surface area contributed by atoms with Crippen molar-refractivity contribution < 1.29 is 9.53 Å². The third-order valence-electron chi connectivity index (χ3n) is 3.85. The SMILES string of the molecule is COc1ccccc1CN(C)C(=O)c1n[nH]c(=O)c2ccccc12. The molecule has 0 fully saturated rings. The highest BCUT2D eigenvalue weighted by atomic mass is 16.5. The van der Waals surface area contributed by atoms with Crippen LogP contribution in [0.2, 0.25) is 0 Å². The summed E-state index contributed by atoms with van der Waals surface area (Å²) in [4.78, 5) is 26.2. The number of para-hydroxylation sites is 1. The first-order valence-corrected chi connectivity index (χ1v) is 7.46. The minimum absolute atomic E-state index is 0.225. The van der Waals surface area contributed by atoms with Crippen molar-refractivity contribution in [2.24, 2.45) is 0 Å². The summed E-state index contributed by atoms with van der Waals surface area (Å²) in [6.45, 7) is 0.373. The Kier molecular flexibility index (Phi) is 4.29. The number of benzene rings is 2. The summed E-state index contributed by atoms with van der Waals surface area (Å²) in [5.74, 6) is 0.449. The summed E-state index contributed by atoms with van der Waals surface area (Å²) in [6, 6.07) is 14.5. The summed E-state index contributed by atoms with van der Waals surface area (Å²) >= 11 is 0. The molecule has 0 spiro atoms. The lowest BCUT2D eigenvalue weighted by Crippen LogP contribution is -2.28. The molecule has 2 aromatic carbocycles. The topological polar surface area (TPSA) is 75.3 Å². The third kappa shape index (κ3) is 2.86. The predicted octanol–water partition coefficient (Wildman–Crippen LogP) is 2.20. The molecule has 122 valence electrons. The van der Waals surface area contributed by atoms with Crippen molar-refractivity contribution >= 4 is 16.7 Å². The van der Waals surface area contributed by atoms with Crippen LogP contribution in [0, 0.1) is 0 Å². The van der Waals surface area contributed by atoms with Crippen LogP contribution in [0.4, 0.5) is 0 Å². The molecule has 24 heavy (non-hydrogen) atoms. The van der Waals surface area contributed by atoms with E-state index >= 15 is 0 Å². The van der Waals surface area contributed by atoms with Gasteiger partial charge in [-0.1, -0.05) is 36.4 Å². The molecule has 0 bridgehead atoms. The van der Waals surface area contributed by atoms with Gasteiger partial charge >= 0.3 is 0 Å². The van der Waals surface area contributed by atoms with E-state index in [9.17, 15) is 9.59 Å². The van der Waals surface area contributed by atoms with E-state index in [-0.39, 0.29) is 17.2 Å². The van der Waals surface area contributed by atoms with Crippen LogP contribution in [0.3, 0.4) is 0 Å². The normalized spacial score (nSPS) is 10.6. The first-order chi connectivity index (χ1) is 11.6. The van der Waals surface area contributed by atoms with Gasteiger partial charge < -0.3 is 9.64 Å². The second kappa shape index (κ2) is 6.54. The molecule has 1 N–H and O–H groups in total. The van der Waals surface area contributed by atoms with E-state index in [1.54, 1.807) is 43.3 Å². The lowest BCUT2D eigenvalue weighted by Gasteiger charge is -2.19. The van der Waals surface area contributed by atoms with Crippen LogP contribution in [0.15, 0.2) is 53.3 Å². The maximum absolute atomic E-state index is 12.8. The summed E-state index contributed by atoms with van der Waals surface area (Å²) in [5, 5.41) is 7.32. The van der Waals surface area contributed by atoms with Crippen LogP contribution in [0.25, 0.3) is 10.8 Å². The Morgan fingerprint density at radius 2 is 1.79 bits per heavy atom. The number of H-pyrrole nitrogens is 1. The van der Waals surface area contributed by atoms with Gasteiger partial charge in [0.1, 0.15) is 5.75 Å². The van der Waals surface area contributed by atoms with Crippen LogP contribution >= 0.6 is 0 Å². The molecule has 6 nitrogen and oxygen atoms in total. The molecule has 0 saturated carbocycles. The first kappa shape index (κ1) is 15.7. The van der Waals surface area contributed by atoms with Gasteiger partial charge in [-0.05, 0) is 12.1 Å². The number of amides is 1. The van der Waals surface area contributed by atoms with Crippen LogP contribution in [-0.2, 0) is 6.54 Å². The van der Waals surface area contributed by atoms with Crippen LogP contribution in [0.1, 0.15) is 16.1 Å². The molecule has 0 atom stereocenters. The van der Waals surface area contributed by atoms with E-state index in [1.165, 1.54) is 0 Å². The number of aromatic amines is 1. The maximum atomic E-state index is 12.8. The van der Waals surface area contributed by atoms with E-state index in [4.69, 9.17) is 4.74 Å². The van der Waals surface area contributed by atoms with E-state index < -0.39 is 0 Å². The average Bonchev–Trinajstić information content (AvgIpc) is 2.62. The monoisotopic (exact) mass is 323 g/mol. The van der Waals surface area contributed by atoms with Crippen LogP contribution < -0.4 is 10.3 Å². The largest absolute Gasteiger partial charge is 0.496 e. The molecule has 3 aromatic rings. The quantitative estimate of drug-likeness (QED) is 0.799. The van der Waals surface area contributed by atoms with Crippen LogP contribution in [0.5, 0.6) is 5.75 Å². The number of hydrogen-bond acceptors (Lipinski definition) is 4. The number of rotatable bonds is 4. The van der Waals surface area contributed by atoms with E-state index in [0.717, 1.165) is 11.3 Å². The van der Waals surface area contributed by atoms with Gasteiger partial charge in [-0.25, -0.2) is 5.10 Å². The smallest absolute Gasteiger partial charge is 0.274 e. The minimum atomic E-state index is -0.311. The molecule has 0 unspecified atom stereocenters. The fourth-order valence-electron chi connectivity index (χ4n) is 2.62. The minimum Gasteiger partial charge on any atom is -0.496 e. The molecule has 0 aliphatic rings. The van der Waals surface area contributed by atoms with Gasteiger partial charge in [0, 0.05) is 24.5 Å². The Balaban J connectivity index is 1.95. The second-order valence-electron chi connectivity index (χ2n) is 5.42. The zero-order valence-corrected chi connectivity index (χ0v) is 13.4. The first-order valence-electron chi connectivity index (χ1n) is 7.46. The summed E-state index contributed by atoms with van der Waals surface area (Å²) in [5.41, 5.74) is 0.807. The molecular formula is C18H17N3O3. The number of nitrogens with zero attached hydrogens (tertiary/aromatic N) is 2. The lowest BCUT2D eigenvalue weighted by molar-refractivity contribution is 0.0779. The Labute approximate surface area is 138 Å². The van der Waals surface area contributed by atoms with Crippen molar-refractivity contribution in [1.82, 2.24) is 15.1 Å². The van der Waals surface area contributed by atoms with E-state index in [0.29, 0.717) is 17.3 Å². The molecule has 6 heteroatoms. The third-order valence-corrected chi connectivity index (χ3v) is 3.85. The van der Waals surface area contributed by atoms with Crippen molar-refractivity contribution in [3.63, 3.8) is 0 Å². The summed E-state index contributed by atoms with van der Waals surface area (Å²) in [7, 11) is 3.29. The van der Waals surface area contributed by atoms with Crippen molar-refractivity contribution in [3.8, 4) is 5.75 Å². The summed E-state index contributed by atoms with van der Waals surface area (Å²) < 4.78 is 5.32. The molecule has 0 aliphatic carbocycles. The van der Waals surface area contributed by atoms with Gasteiger partial charge in [0.2, 0.25) is 0 Å². The highest BCUT2D eigenvalue weighted by Crippen LogP contribution is 2.20. The Morgan fingerprint density at radius 1 is 1.12 bits per heavy atom. The highest BCUT2D eigenvalue weighted by molar-refractivity contribution is 6.04. The van der Waals surface area contributed by atoms with Gasteiger partial charge in [0.25, 0.3) is 11.5 Å². The standard InChI is InChI=1S/C18H17N3O3/c1-21(11-12-7-3-6-10-15(12)24-2)18(23)16-13-8-4-5-9-14(13)17(22)20-19-16/h3-10H,11H2,1-2H3,(H,20,22). The number of carbonyl (C=O) groups excluding carboxylic acids is 1. The van der Waals surface area contributed by atoms with E-state index in [1.807, 2.05) is 24.3 Å². The number of ether oxygens (including phenoxy) is 1. The molecule has 0 radical (unpaired) electrons. The zero-order valence-electron chi connectivity index (χ0n) is 13.4. The Hall–Kier alpha value is -3.15. The maximum Gasteiger partial charge on any atom is 0.274 e. The van der Waals surface area contributed by atoms with E-state index in [2.05, 4.69) is 10.2 Å². The number of methoxy groups -OCH3 is 1. The molecular weight excluding hydrogens is 306 g/mol. The molecule has 1 aromatic heterocycles. The van der Waals surface area contributed by atoms with Crippen molar-refractivity contribution in [1.29, 1.82) is 0 Å². The fourth-order valence-corrected chi connectivity index (χ4v) is 2.62. The number of fused-ring (bicyclic) bond motifs is 1. The highest BCUT2D eigenvalue weighted by Gasteiger charge is 2.19. The predicted molar refractivity (Wildman–Crippen MR) is 91.2 cm³/mol. The average molecular weight is 323 g/mol. The molecule has 0 aliphatic heterocycles. The number of nitrogens with one attached hydrogen (secondary N) is 1. The molecule has 1 heterocycles. The van der Waals surface area contributed by atoms with Crippen LogP contribution in [-0.4, -0.2) is 35.2 Å². The molecule has 0 saturated heterocycles. The van der Waals surface area contributed by atoms with Crippen molar-refractivity contribution in [2.75, 3.05) is 14.2 Å². The second-order valence-corrected chi connectivity index (χ2v) is 5.42. The van der Waals surface area contributed by atoms with Crippen molar-refractivity contribution in [2.45, 2.75) is 6.54 Å². The fraction of sp³-hybridized carbons (Fsp3) is 0.167. The lowest BCUT2D eigenvalue weighted by atomic mass is 10.1. The Morgan fingerprint density at radius 3 is 2.54 bits per heavy atom. The number of aromatic nitrogens is 2.